The molecule has 0 aliphatic rings. The molecule has 0 aliphatic heterocycles. The van der Waals surface area contributed by atoms with Crippen LogP contribution in [0.25, 0.3) is 16.2 Å². The van der Waals surface area contributed by atoms with Gasteiger partial charge in [0.15, 0.2) is 4.96 Å². The summed E-state index contributed by atoms with van der Waals surface area (Å²) in [5, 5.41) is 0. The molecule has 2 heterocycles. The number of halogens is 1. The van der Waals surface area contributed by atoms with Crippen LogP contribution in [0.3, 0.4) is 0 Å². The van der Waals surface area contributed by atoms with Crippen molar-refractivity contribution in [3.05, 3.63) is 71.1 Å². The Balaban J connectivity index is 1.54. The summed E-state index contributed by atoms with van der Waals surface area (Å²) in [4.78, 5) is 6.38. The molecule has 0 fully saturated rings. The van der Waals surface area contributed by atoms with Gasteiger partial charge in [-0.25, -0.2) is 22.5 Å². The Hall–Kier alpha value is -2.75. The largest absolute Gasteiger partial charge is 0.497 e. The van der Waals surface area contributed by atoms with E-state index in [0.717, 1.165) is 26.8 Å². The maximum atomic E-state index is 13.1. The third kappa shape index (κ3) is 3.89. The van der Waals surface area contributed by atoms with E-state index in [1.165, 1.54) is 42.7 Å². The second-order valence-corrected chi connectivity index (χ2v) is 9.23. The number of methoxy groups -OCH3 is 1. The SMILES string of the molecule is COc1ccc(S(=O)(=O)NCc2sc3nc(-c4ccc(F)cc4)cn3c2C)cc1. The molecule has 0 saturated carbocycles. The van der Waals surface area contributed by atoms with E-state index in [1.807, 2.05) is 17.5 Å². The highest BCUT2D eigenvalue weighted by Crippen LogP contribution is 2.27. The molecule has 0 amide bonds. The Kier molecular flexibility index (Phi) is 5.12. The van der Waals surface area contributed by atoms with Crippen LogP contribution in [0.2, 0.25) is 0 Å². The number of ether oxygens (including phenoxy) is 1. The zero-order valence-corrected chi connectivity index (χ0v) is 17.3. The summed E-state index contributed by atoms with van der Waals surface area (Å²) >= 11 is 1.42. The van der Waals surface area contributed by atoms with Crippen LogP contribution in [0, 0.1) is 12.7 Å². The standard InChI is InChI=1S/C20H18FN3O3S2/c1-13-19(11-22-29(25,26)17-9-7-16(27-2)8-10-17)28-20-23-18(12-24(13)20)14-3-5-15(21)6-4-14/h3-10,12,22H,11H2,1-2H3. The normalized spacial score (nSPS) is 11.8. The van der Waals surface area contributed by atoms with Crippen LogP contribution in [-0.4, -0.2) is 24.9 Å². The topological polar surface area (TPSA) is 72.7 Å². The Morgan fingerprint density at radius 3 is 2.45 bits per heavy atom. The zero-order chi connectivity index (χ0) is 20.6. The predicted octanol–water partition coefficient (Wildman–Crippen LogP) is 4.00. The number of aromatic nitrogens is 2. The Bertz CT molecular complexity index is 1260. The highest BCUT2D eigenvalue weighted by Gasteiger charge is 2.17. The highest BCUT2D eigenvalue weighted by molar-refractivity contribution is 7.89. The first-order chi connectivity index (χ1) is 13.9. The van der Waals surface area contributed by atoms with Crippen molar-refractivity contribution in [2.45, 2.75) is 18.4 Å². The van der Waals surface area contributed by atoms with Crippen LogP contribution in [-0.2, 0) is 16.6 Å². The lowest BCUT2D eigenvalue weighted by molar-refractivity contribution is 0.414. The molecule has 0 unspecified atom stereocenters. The number of hydrogen-bond donors (Lipinski definition) is 1. The van der Waals surface area contributed by atoms with Crippen molar-refractivity contribution in [1.82, 2.24) is 14.1 Å². The van der Waals surface area contributed by atoms with Gasteiger partial charge in [-0.15, -0.1) is 0 Å². The van der Waals surface area contributed by atoms with E-state index < -0.39 is 10.0 Å². The highest BCUT2D eigenvalue weighted by atomic mass is 32.2. The molecule has 1 N–H and O–H groups in total. The number of nitrogens with one attached hydrogen (secondary N) is 1. The number of benzene rings is 2. The maximum absolute atomic E-state index is 13.1. The van der Waals surface area contributed by atoms with Gasteiger partial charge in [-0.05, 0) is 55.5 Å². The van der Waals surface area contributed by atoms with Crippen molar-refractivity contribution in [3.63, 3.8) is 0 Å². The van der Waals surface area contributed by atoms with E-state index >= 15 is 0 Å². The fourth-order valence-electron chi connectivity index (χ4n) is 2.92. The van der Waals surface area contributed by atoms with Gasteiger partial charge in [0.05, 0.1) is 17.7 Å². The van der Waals surface area contributed by atoms with E-state index in [0.29, 0.717) is 5.75 Å². The molecular formula is C20H18FN3O3S2. The summed E-state index contributed by atoms with van der Waals surface area (Å²) in [5.41, 5.74) is 2.47. The second-order valence-electron chi connectivity index (χ2n) is 6.40. The smallest absolute Gasteiger partial charge is 0.240 e. The number of imidazole rings is 1. The van der Waals surface area contributed by atoms with Gasteiger partial charge < -0.3 is 4.74 Å². The molecule has 6 nitrogen and oxygen atoms in total. The van der Waals surface area contributed by atoms with Crippen molar-refractivity contribution >= 4 is 26.3 Å². The molecule has 0 bridgehead atoms. The minimum absolute atomic E-state index is 0.167. The van der Waals surface area contributed by atoms with E-state index in [1.54, 1.807) is 24.3 Å². The first-order valence-corrected chi connectivity index (χ1v) is 11.0. The van der Waals surface area contributed by atoms with Gasteiger partial charge in [0, 0.05) is 28.9 Å². The van der Waals surface area contributed by atoms with Crippen molar-refractivity contribution < 1.29 is 17.5 Å². The third-order valence-electron chi connectivity index (χ3n) is 4.59. The van der Waals surface area contributed by atoms with Crippen LogP contribution < -0.4 is 9.46 Å². The third-order valence-corrected chi connectivity index (χ3v) is 7.16. The molecule has 2 aromatic heterocycles. The first kappa shape index (κ1) is 19.6. The molecule has 0 saturated heterocycles. The first-order valence-electron chi connectivity index (χ1n) is 8.74. The quantitative estimate of drug-likeness (QED) is 0.501. The van der Waals surface area contributed by atoms with Crippen LogP contribution in [0.4, 0.5) is 4.39 Å². The van der Waals surface area contributed by atoms with Crippen LogP contribution >= 0.6 is 11.3 Å². The predicted molar refractivity (Wildman–Crippen MR) is 110 cm³/mol. The lowest BCUT2D eigenvalue weighted by Gasteiger charge is -2.07. The molecule has 9 heteroatoms. The number of fused-ring (bicyclic) bond motifs is 1. The number of rotatable bonds is 6. The Morgan fingerprint density at radius 1 is 1.14 bits per heavy atom. The van der Waals surface area contributed by atoms with Gasteiger partial charge in [-0.3, -0.25) is 4.40 Å². The molecule has 0 spiro atoms. The van der Waals surface area contributed by atoms with Crippen molar-refractivity contribution in [2.75, 3.05) is 7.11 Å². The minimum atomic E-state index is -3.64. The van der Waals surface area contributed by atoms with Crippen LogP contribution in [0.1, 0.15) is 10.6 Å². The van der Waals surface area contributed by atoms with Crippen molar-refractivity contribution in [3.8, 4) is 17.0 Å². The number of hydrogen-bond acceptors (Lipinski definition) is 5. The van der Waals surface area contributed by atoms with E-state index in [-0.39, 0.29) is 17.3 Å². The molecule has 4 rings (SSSR count). The molecule has 2 aromatic carbocycles. The lowest BCUT2D eigenvalue weighted by atomic mass is 10.2. The molecule has 4 aromatic rings. The Labute approximate surface area is 171 Å². The van der Waals surface area contributed by atoms with Gasteiger partial charge in [0.2, 0.25) is 10.0 Å². The average molecular weight is 432 g/mol. The van der Waals surface area contributed by atoms with E-state index in [2.05, 4.69) is 9.71 Å². The zero-order valence-electron chi connectivity index (χ0n) is 15.7. The second kappa shape index (κ2) is 7.58. The van der Waals surface area contributed by atoms with Crippen LogP contribution in [0.15, 0.2) is 59.6 Å². The van der Waals surface area contributed by atoms with Gasteiger partial charge in [-0.2, -0.15) is 0 Å². The van der Waals surface area contributed by atoms with Gasteiger partial charge in [0.25, 0.3) is 0 Å². The van der Waals surface area contributed by atoms with E-state index in [4.69, 9.17) is 4.74 Å². The van der Waals surface area contributed by atoms with Gasteiger partial charge in [-0.1, -0.05) is 11.3 Å². The number of aryl methyl sites for hydroxylation is 1. The summed E-state index contributed by atoms with van der Waals surface area (Å²) in [6, 6.07) is 12.4. The summed E-state index contributed by atoms with van der Waals surface area (Å²) in [6.45, 7) is 2.08. The molecule has 0 atom stereocenters. The fraction of sp³-hybridized carbons (Fsp3) is 0.150. The fourth-order valence-corrected chi connectivity index (χ4v) is 5.05. The number of sulfonamides is 1. The summed E-state index contributed by atoms with van der Waals surface area (Å²) < 4.78 is 47.8. The minimum Gasteiger partial charge on any atom is -0.497 e. The molecule has 150 valence electrons. The monoisotopic (exact) mass is 431 g/mol. The lowest BCUT2D eigenvalue weighted by Crippen LogP contribution is -2.23. The van der Waals surface area contributed by atoms with Crippen LogP contribution in [0.5, 0.6) is 5.75 Å². The van der Waals surface area contributed by atoms with E-state index in [9.17, 15) is 12.8 Å². The number of nitrogens with zero attached hydrogens (tertiary/aromatic N) is 2. The summed E-state index contributed by atoms with van der Waals surface area (Å²) in [7, 11) is -2.11. The molecule has 29 heavy (non-hydrogen) atoms. The summed E-state index contributed by atoms with van der Waals surface area (Å²) in [5.74, 6) is 0.300. The Morgan fingerprint density at radius 2 is 1.83 bits per heavy atom. The van der Waals surface area contributed by atoms with Gasteiger partial charge in [0.1, 0.15) is 11.6 Å². The molecule has 0 aliphatic carbocycles. The molecular weight excluding hydrogens is 413 g/mol. The average Bonchev–Trinajstić information content (AvgIpc) is 3.26. The number of thiazole rings is 1. The van der Waals surface area contributed by atoms with Crippen molar-refractivity contribution in [1.29, 1.82) is 0 Å². The van der Waals surface area contributed by atoms with Crippen molar-refractivity contribution in [2.24, 2.45) is 0 Å². The van der Waals surface area contributed by atoms with Gasteiger partial charge >= 0.3 is 0 Å². The maximum Gasteiger partial charge on any atom is 0.240 e. The summed E-state index contributed by atoms with van der Waals surface area (Å²) in [6.07, 6.45) is 1.87. The molecule has 0 radical (unpaired) electrons.